The lowest BCUT2D eigenvalue weighted by molar-refractivity contribution is -0.137. The van der Waals surface area contributed by atoms with Gasteiger partial charge in [-0.15, -0.1) is 0 Å². The number of hydrogen-bond acceptors (Lipinski definition) is 2. The normalized spacial score (nSPS) is 28.3. The Morgan fingerprint density at radius 1 is 1.30 bits per heavy atom. The van der Waals surface area contributed by atoms with Gasteiger partial charge < -0.3 is 5.32 Å². The lowest BCUT2D eigenvalue weighted by Gasteiger charge is -2.37. The molecule has 0 heterocycles. The first-order chi connectivity index (χ1) is 11.0. The maximum absolute atomic E-state index is 12.6. The van der Waals surface area contributed by atoms with Gasteiger partial charge in [0.1, 0.15) is 5.78 Å². The number of amides is 1. The molecule has 1 unspecified atom stereocenters. The minimum atomic E-state index is 0.00445. The molecule has 2 aliphatic rings. The molecule has 124 valence electrons. The molecule has 2 fully saturated rings. The Labute approximate surface area is 142 Å². The predicted molar refractivity (Wildman–Crippen MR) is 91.3 cm³/mol. The number of carbonyl (C=O) groups excluding carboxylic acids is 2. The zero-order valence-corrected chi connectivity index (χ0v) is 14.3. The summed E-state index contributed by atoms with van der Waals surface area (Å²) in [5.74, 6) is 0.781. The largest absolute Gasteiger partial charge is 0.353 e. The second-order valence-corrected chi connectivity index (χ2v) is 7.58. The summed E-state index contributed by atoms with van der Waals surface area (Å²) in [6.07, 6.45) is 5.33. The summed E-state index contributed by atoms with van der Waals surface area (Å²) in [6, 6.07) is 7.82. The molecule has 2 aliphatic carbocycles. The van der Waals surface area contributed by atoms with Crippen LogP contribution in [0.5, 0.6) is 0 Å². The number of nitrogens with one attached hydrogen (secondary N) is 1. The molecule has 1 aromatic rings. The molecule has 3 rings (SSSR count). The standard InChI is InChI=1S/C19H24ClNO2/c1-12(8-13-4-2-7-17(20)9-13)21-19(23)16-10-14-5-3-6-15(11-16)18(14)22/h2,4,7,9,12,14-16H,3,5-6,8,10-11H2,1H3,(H,21,23)/t12-,14-,15+,16?/m1/s1. The third-order valence-corrected chi connectivity index (χ3v) is 5.47. The highest BCUT2D eigenvalue weighted by molar-refractivity contribution is 6.30. The first-order valence-corrected chi connectivity index (χ1v) is 8.99. The molecule has 0 radical (unpaired) electrons. The van der Waals surface area contributed by atoms with Crippen molar-refractivity contribution in [1.29, 1.82) is 0 Å². The predicted octanol–water partition coefficient (Wildman–Crippen LogP) is 3.78. The van der Waals surface area contributed by atoms with Crippen molar-refractivity contribution in [3.8, 4) is 0 Å². The van der Waals surface area contributed by atoms with Gasteiger partial charge in [-0.05, 0) is 56.7 Å². The zero-order valence-electron chi connectivity index (χ0n) is 13.6. The van der Waals surface area contributed by atoms with Crippen LogP contribution >= 0.6 is 11.6 Å². The van der Waals surface area contributed by atoms with Gasteiger partial charge in [0.15, 0.2) is 0 Å². The smallest absolute Gasteiger partial charge is 0.223 e. The minimum Gasteiger partial charge on any atom is -0.353 e. The molecule has 2 saturated carbocycles. The highest BCUT2D eigenvalue weighted by Gasteiger charge is 2.41. The summed E-state index contributed by atoms with van der Waals surface area (Å²) >= 11 is 6.00. The van der Waals surface area contributed by atoms with Gasteiger partial charge in [-0.2, -0.15) is 0 Å². The molecule has 4 atom stereocenters. The summed E-state index contributed by atoms with van der Waals surface area (Å²) in [6.45, 7) is 2.02. The topological polar surface area (TPSA) is 46.2 Å². The van der Waals surface area contributed by atoms with Crippen molar-refractivity contribution < 1.29 is 9.59 Å². The van der Waals surface area contributed by atoms with Crippen molar-refractivity contribution in [3.63, 3.8) is 0 Å². The van der Waals surface area contributed by atoms with E-state index in [1.807, 2.05) is 31.2 Å². The number of Topliss-reactive ketones (excluding diaryl/α,β-unsaturated/α-hetero) is 1. The minimum absolute atomic E-state index is 0.00445. The molecule has 0 saturated heterocycles. The lowest BCUT2D eigenvalue weighted by Crippen LogP contribution is -2.45. The van der Waals surface area contributed by atoms with Gasteiger partial charge in [-0.3, -0.25) is 9.59 Å². The highest BCUT2D eigenvalue weighted by Crippen LogP contribution is 2.40. The van der Waals surface area contributed by atoms with E-state index in [-0.39, 0.29) is 29.7 Å². The van der Waals surface area contributed by atoms with Gasteiger partial charge in [-0.25, -0.2) is 0 Å². The van der Waals surface area contributed by atoms with E-state index in [0.717, 1.165) is 49.1 Å². The van der Waals surface area contributed by atoms with E-state index in [4.69, 9.17) is 11.6 Å². The summed E-state index contributed by atoms with van der Waals surface area (Å²) in [5, 5.41) is 3.85. The molecule has 0 aromatic heterocycles. The first-order valence-electron chi connectivity index (χ1n) is 8.61. The van der Waals surface area contributed by atoms with Crippen LogP contribution in [0.25, 0.3) is 0 Å². The van der Waals surface area contributed by atoms with Crippen molar-refractivity contribution >= 4 is 23.3 Å². The molecular weight excluding hydrogens is 310 g/mol. The Morgan fingerprint density at radius 2 is 2.00 bits per heavy atom. The Hall–Kier alpha value is -1.35. The molecule has 1 aromatic carbocycles. The fraction of sp³-hybridized carbons (Fsp3) is 0.579. The van der Waals surface area contributed by atoms with Crippen LogP contribution in [0.3, 0.4) is 0 Å². The summed E-state index contributed by atoms with van der Waals surface area (Å²) < 4.78 is 0. The summed E-state index contributed by atoms with van der Waals surface area (Å²) in [5.41, 5.74) is 1.13. The average Bonchev–Trinajstić information content (AvgIpc) is 2.46. The van der Waals surface area contributed by atoms with Crippen molar-refractivity contribution in [2.75, 3.05) is 0 Å². The van der Waals surface area contributed by atoms with Crippen molar-refractivity contribution in [2.45, 2.75) is 51.5 Å². The zero-order chi connectivity index (χ0) is 16.4. The van der Waals surface area contributed by atoms with Crippen LogP contribution < -0.4 is 5.32 Å². The van der Waals surface area contributed by atoms with Gasteiger partial charge in [0, 0.05) is 28.8 Å². The molecular formula is C19H24ClNO2. The van der Waals surface area contributed by atoms with Crippen LogP contribution in [-0.4, -0.2) is 17.7 Å². The number of hydrogen-bond donors (Lipinski definition) is 1. The third kappa shape index (κ3) is 3.95. The van der Waals surface area contributed by atoms with Crippen molar-refractivity contribution in [3.05, 3.63) is 34.9 Å². The Balaban J connectivity index is 1.55. The molecule has 2 bridgehead atoms. The SMILES string of the molecule is C[C@H](Cc1cccc(Cl)c1)NC(=O)C1C[C@H]2CCC[C@@H](C1)C2=O. The van der Waals surface area contributed by atoms with Gasteiger partial charge in [0.05, 0.1) is 0 Å². The summed E-state index contributed by atoms with van der Waals surface area (Å²) in [4.78, 5) is 24.7. The molecule has 1 N–H and O–H groups in total. The second kappa shape index (κ2) is 7.04. The molecule has 23 heavy (non-hydrogen) atoms. The molecule has 1 amide bonds. The quantitative estimate of drug-likeness (QED) is 0.911. The fourth-order valence-corrected chi connectivity index (χ4v) is 4.34. The molecule has 0 spiro atoms. The van der Waals surface area contributed by atoms with E-state index in [1.54, 1.807) is 0 Å². The highest BCUT2D eigenvalue weighted by atomic mass is 35.5. The van der Waals surface area contributed by atoms with E-state index in [0.29, 0.717) is 5.78 Å². The monoisotopic (exact) mass is 333 g/mol. The van der Waals surface area contributed by atoms with E-state index >= 15 is 0 Å². The van der Waals surface area contributed by atoms with E-state index in [2.05, 4.69) is 5.32 Å². The maximum atomic E-state index is 12.6. The van der Waals surface area contributed by atoms with Gasteiger partial charge in [0.25, 0.3) is 0 Å². The third-order valence-electron chi connectivity index (χ3n) is 5.24. The number of halogens is 1. The van der Waals surface area contributed by atoms with E-state index in [9.17, 15) is 9.59 Å². The summed E-state index contributed by atoms with van der Waals surface area (Å²) in [7, 11) is 0. The van der Waals surface area contributed by atoms with Gasteiger partial charge in [-0.1, -0.05) is 30.2 Å². The van der Waals surface area contributed by atoms with Crippen molar-refractivity contribution in [2.24, 2.45) is 17.8 Å². The maximum Gasteiger partial charge on any atom is 0.223 e. The number of carbonyl (C=O) groups is 2. The van der Waals surface area contributed by atoms with Crippen LogP contribution in [0.15, 0.2) is 24.3 Å². The van der Waals surface area contributed by atoms with Crippen LogP contribution in [0.2, 0.25) is 5.02 Å². The average molecular weight is 334 g/mol. The van der Waals surface area contributed by atoms with Crippen LogP contribution in [0.4, 0.5) is 0 Å². The van der Waals surface area contributed by atoms with Crippen molar-refractivity contribution in [1.82, 2.24) is 5.32 Å². The number of rotatable bonds is 4. The molecule has 0 aliphatic heterocycles. The Bertz CT molecular complexity index is 585. The fourth-order valence-electron chi connectivity index (χ4n) is 4.12. The number of ketones is 1. The Morgan fingerprint density at radius 3 is 2.65 bits per heavy atom. The van der Waals surface area contributed by atoms with E-state index in [1.165, 1.54) is 0 Å². The second-order valence-electron chi connectivity index (χ2n) is 7.14. The van der Waals surface area contributed by atoms with Crippen LogP contribution in [-0.2, 0) is 16.0 Å². The number of benzene rings is 1. The first kappa shape index (κ1) is 16.5. The van der Waals surface area contributed by atoms with E-state index < -0.39 is 0 Å². The molecule has 4 heteroatoms. The van der Waals surface area contributed by atoms with Crippen LogP contribution in [0.1, 0.15) is 44.6 Å². The van der Waals surface area contributed by atoms with Crippen LogP contribution in [0, 0.1) is 17.8 Å². The lowest BCUT2D eigenvalue weighted by atomic mass is 9.67. The molecule has 3 nitrogen and oxygen atoms in total. The van der Waals surface area contributed by atoms with Gasteiger partial charge >= 0.3 is 0 Å². The van der Waals surface area contributed by atoms with Gasteiger partial charge in [0.2, 0.25) is 5.91 Å². The number of fused-ring (bicyclic) bond motifs is 2. The Kier molecular flexibility index (Phi) is 5.05.